The molecule has 0 spiro atoms. The van der Waals surface area contributed by atoms with Crippen molar-refractivity contribution in [2.24, 2.45) is 0 Å². The number of methoxy groups -OCH3 is 1. The summed E-state index contributed by atoms with van der Waals surface area (Å²) < 4.78 is 6.61. The molecule has 1 aromatic heterocycles. The molecule has 2 rings (SSSR count). The predicted molar refractivity (Wildman–Crippen MR) is 90.8 cm³/mol. The third-order valence-electron chi connectivity index (χ3n) is 3.35. The lowest BCUT2D eigenvalue weighted by Crippen LogP contribution is -2.31. The Bertz CT molecular complexity index is 787. The van der Waals surface area contributed by atoms with E-state index in [0.29, 0.717) is 34.4 Å². The number of aromatic nitrogens is 1. The van der Waals surface area contributed by atoms with Crippen LogP contribution in [0.4, 0.5) is 0 Å². The average Bonchev–Trinajstić information content (AvgIpc) is 2.52. The molecule has 1 heterocycles. The highest BCUT2D eigenvalue weighted by molar-refractivity contribution is 6.42. The number of hydrogen-bond acceptors (Lipinski definition) is 3. The number of aryl methyl sites for hydroxylation is 1. The molecule has 0 unspecified atom stereocenters. The second kappa shape index (κ2) is 7.53. The Hall–Kier alpha value is -1.98. The van der Waals surface area contributed by atoms with Crippen LogP contribution in [0, 0.1) is 6.92 Å². The summed E-state index contributed by atoms with van der Waals surface area (Å²) in [5.41, 5.74) is 1.00. The predicted octanol–water partition coefficient (Wildman–Crippen LogP) is 2.90. The summed E-state index contributed by atoms with van der Waals surface area (Å²) >= 11 is 11.7. The molecule has 0 atom stereocenters. The third-order valence-corrected chi connectivity index (χ3v) is 4.09. The summed E-state index contributed by atoms with van der Waals surface area (Å²) in [4.78, 5) is 24.0. The van der Waals surface area contributed by atoms with E-state index in [1.807, 2.05) is 6.92 Å². The highest BCUT2D eigenvalue weighted by Crippen LogP contribution is 2.22. The largest absolute Gasteiger partial charge is 0.496 e. The second-order valence-electron chi connectivity index (χ2n) is 4.91. The molecule has 1 N–H and O–H groups in total. The van der Waals surface area contributed by atoms with E-state index in [2.05, 4.69) is 5.32 Å². The van der Waals surface area contributed by atoms with Gasteiger partial charge in [-0.25, -0.2) is 0 Å². The number of nitrogens with one attached hydrogen (secondary N) is 1. The second-order valence-corrected chi connectivity index (χ2v) is 5.73. The van der Waals surface area contributed by atoms with Crippen LogP contribution in [0.1, 0.15) is 16.1 Å². The minimum atomic E-state index is -0.275. The molecule has 1 aromatic carbocycles. The van der Waals surface area contributed by atoms with E-state index in [0.717, 1.165) is 5.69 Å². The minimum absolute atomic E-state index is 0.175. The molecule has 0 aliphatic heterocycles. The zero-order valence-corrected chi connectivity index (χ0v) is 14.2. The topological polar surface area (TPSA) is 60.3 Å². The first-order valence-corrected chi connectivity index (χ1v) is 7.66. The van der Waals surface area contributed by atoms with Crippen LogP contribution in [0.25, 0.3) is 0 Å². The van der Waals surface area contributed by atoms with E-state index in [4.69, 9.17) is 27.9 Å². The van der Waals surface area contributed by atoms with Gasteiger partial charge in [-0.3, -0.25) is 9.59 Å². The number of rotatable bonds is 5. The van der Waals surface area contributed by atoms with Crippen LogP contribution in [0.5, 0.6) is 5.75 Å². The highest BCUT2D eigenvalue weighted by atomic mass is 35.5. The summed E-state index contributed by atoms with van der Waals surface area (Å²) in [6.45, 7) is 2.48. The molecule has 122 valence electrons. The number of benzene rings is 1. The Morgan fingerprint density at radius 1 is 1.22 bits per heavy atom. The van der Waals surface area contributed by atoms with Crippen LogP contribution in [-0.2, 0) is 6.54 Å². The number of amides is 1. The lowest BCUT2D eigenvalue weighted by Gasteiger charge is -2.12. The van der Waals surface area contributed by atoms with Crippen LogP contribution < -0.4 is 15.6 Å². The summed E-state index contributed by atoms with van der Waals surface area (Å²) in [6.07, 6.45) is 0. The number of halogens is 2. The van der Waals surface area contributed by atoms with E-state index in [1.54, 1.807) is 22.8 Å². The van der Waals surface area contributed by atoms with Crippen molar-refractivity contribution < 1.29 is 9.53 Å². The minimum Gasteiger partial charge on any atom is -0.496 e. The number of carbonyl (C=O) groups excluding carboxylic acids is 1. The van der Waals surface area contributed by atoms with Crippen molar-refractivity contribution in [2.45, 2.75) is 13.5 Å². The van der Waals surface area contributed by atoms with Crippen molar-refractivity contribution in [3.8, 4) is 5.75 Å². The Morgan fingerprint density at radius 3 is 2.57 bits per heavy atom. The van der Waals surface area contributed by atoms with Gasteiger partial charge in [-0.2, -0.15) is 0 Å². The van der Waals surface area contributed by atoms with Crippen molar-refractivity contribution in [1.29, 1.82) is 0 Å². The zero-order chi connectivity index (χ0) is 17.0. The molecule has 0 bridgehead atoms. The fraction of sp³-hybridized carbons (Fsp3) is 0.250. The first-order chi connectivity index (χ1) is 10.9. The Morgan fingerprint density at radius 2 is 1.96 bits per heavy atom. The van der Waals surface area contributed by atoms with Crippen LogP contribution in [0.15, 0.2) is 35.1 Å². The smallest absolute Gasteiger partial charge is 0.254 e. The molecule has 7 heteroatoms. The van der Waals surface area contributed by atoms with Crippen molar-refractivity contribution >= 4 is 29.1 Å². The Labute approximate surface area is 143 Å². The van der Waals surface area contributed by atoms with E-state index in [-0.39, 0.29) is 11.5 Å². The van der Waals surface area contributed by atoms with Gasteiger partial charge in [0.2, 0.25) is 0 Å². The molecule has 0 aliphatic rings. The fourth-order valence-electron chi connectivity index (χ4n) is 2.12. The molecular formula is C16H16Cl2N2O3. The average molecular weight is 355 g/mol. The van der Waals surface area contributed by atoms with Crippen LogP contribution in [-0.4, -0.2) is 24.1 Å². The van der Waals surface area contributed by atoms with Gasteiger partial charge in [0.25, 0.3) is 11.5 Å². The fourth-order valence-corrected chi connectivity index (χ4v) is 2.42. The number of nitrogens with zero attached hydrogens (tertiary/aromatic N) is 1. The highest BCUT2D eigenvalue weighted by Gasteiger charge is 2.09. The molecule has 0 saturated heterocycles. The van der Waals surface area contributed by atoms with Gasteiger partial charge in [0, 0.05) is 30.4 Å². The molecule has 1 amide bonds. The molecule has 2 aromatic rings. The van der Waals surface area contributed by atoms with Crippen molar-refractivity contribution in [1.82, 2.24) is 9.88 Å². The summed E-state index contributed by atoms with van der Waals surface area (Å²) in [5.74, 6) is 0.242. The maximum Gasteiger partial charge on any atom is 0.254 e. The quantitative estimate of drug-likeness (QED) is 0.897. The van der Waals surface area contributed by atoms with Gasteiger partial charge in [0.15, 0.2) is 0 Å². The van der Waals surface area contributed by atoms with Gasteiger partial charge >= 0.3 is 0 Å². The van der Waals surface area contributed by atoms with Gasteiger partial charge < -0.3 is 14.6 Å². The van der Waals surface area contributed by atoms with Crippen LogP contribution in [0.2, 0.25) is 10.0 Å². The lowest BCUT2D eigenvalue weighted by atomic mass is 10.2. The maximum absolute atomic E-state index is 12.0. The zero-order valence-electron chi connectivity index (χ0n) is 12.7. The molecule has 23 heavy (non-hydrogen) atoms. The monoisotopic (exact) mass is 354 g/mol. The number of pyridine rings is 1. The number of hydrogen-bond donors (Lipinski definition) is 1. The van der Waals surface area contributed by atoms with E-state index in [9.17, 15) is 9.59 Å². The molecular weight excluding hydrogens is 339 g/mol. The Balaban J connectivity index is 2.01. The maximum atomic E-state index is 12.0. The molecule has 0 aliphatic carbocycles. The summed E-state index contributed by atoms with van der Waals surface area (Å²) in [5, 5.41) is 3.46. The molecule has 0 fully saturated rings. The molecule has 5 nitrogen and oxygen atoms in total. The Kier molecular flexibility index (Phi) is 5.69. The van der Waals surface area contributed by atoms with Gasteiger partial charge in [-0.05, 0) is 31.2 Å². The van der Waals surface area contributed by atoms with Gasteiger partial charge in [-0.15, -0.1) is 0 Å². The van der Waals surface area contributed by atoms with Crippen molar-refractivity contribution in [3.05, 3.63) is 62.0 Å². The van der Waals surface area contributed by atoms with E-state index >= 15 is 0 Å². The van der Waals surface area contributed by atoms with E-state index < -0.39 is 0 Å². The van der Waals surface area contributed by atoms with Gasteiger partial charge in [0.1, 0.15) is 5.75 Å². The summed E-state index contributed by atoms with van der Waals surface area (Å²) in [7, 11) is 1.51. The molecule has 0 radical (unpaired) electrons. The SMILES string of the molecule is COc1cc(C)n(CCNC(=O)c2ccc(Cl)c(Cl)c2)c(=O)c1. The normalized spacial score (nSPS) is 10.4. The summed E-state index contributed by atoms with van der Waals surface area (Å²) in [6, 6.07) is 7.84. The number of ether oxygens (including phenoxy) is 1. The van der Waals surface area contributed by atoms with Crippen LogP contribution in [0.3, 0.4) is 0 Å². The first kappa shape index (κ1) is 17.4. The molecule has 0 saturated carbocycles. The lowest BCUT2D eigenvalue weighted by molar-refractivity contribution is 0.0952. The standard InChI is InChI=1S/C16H16Cl2N2O3/c1-10-7-12(23-2)9-15(21)20(10)6-5-19-16(22)11-3-4-13(17)14(18)8-11/h3-4,7-9H,5-6H2,1-2H3,(H,19,22). The van der Waals surface area contributed by atoms with E-state index in [1.165, 1.54) is 19.2 Å². The third kappa shape index (κ3) is 4.27. The number of carbonyl (C=O) groups is 1. The van der Waals surface area contributed by atoms with Gasteiger partial charge in [0.05, 0.1) is 17.2 Å². The van der Waals surface area contributed by atoms with Crippen molar-refractivity contribution in [3.63, 3.8) is 0 Å². The van der Waals surface area contributed by atoms with Crippen LogP contribution >= 0.6 is 23.2 Å². The van der Waals surface area contributed by atoms with Crippen molar-refractivity contribution in [2.75, 3.05) is 13.7 Å². The first-order valence-electron chi connectivity index (χ1n) is 6.91. The van der Waals surface area contributed by atoms with Gasteiger partial charge in [-0.1, -0.05) is 23.2 Å².